The molecule has 0 bridgehead atoms. The van der Waals surface area contributed by atoms with E-state index in [1.165, 1.54) is 29.3 Å². The van der Waals surface area contributed by atoms with Gasteiger partial charge in [0.15, 0.2) is 8.32 Å². The second kappa shape index (κ2) is 11.1. The Morgan fingerprint density at radius 3 is 2.19 bits per heavy atom. The van der Waals surface area contributed by atoms with Gasteiger partial charge in [-0.05, 0) is 73.5 Å². The first-order chi connectivity index (χ1) is 12.4. The number of allylic oxidation sites excluding steroid dienone is 2. The maximum atomic E-state index is 9.34. The number of benzene rings is 1. The lowest BCUT2D eigenvalue weighted by Crippen LogP contribution is -2.46. The molecule has 2 nitrogen and oxygen atoms in total. The van der Waals surface area contributed by atoms with Gasteiger partial charge in [-0.25, -0.2) is 0 Å². The first-order valence-electron chi connectivity index (χ1n) is 10.5. The van der Waals surface area contributed by atoms with Crippen molar-refractivity contribution in [3.05, 3.63) is 41.5 Å². The summed E-state index contributed by atoms with van der Waals surface area (Å²) in [6, 6.07) is 11.8. The standard InChI is InChI=1S/C23H40O2Si/c1-7-23(8-2,25-26(9-3,10-4)11-5)17-13-14-20(6)22-16-12-15-21(18-22)19-24/h12,14-16,18,24H,7-11,13,17,19H2,1-6H3/b20-14-. The fourth-order valence-electron chi connectivity index (χ4n) is 3.81. The zero-order valence-corrected chi connectivity index (χ0v) is 18.9. The van der Waals surface area contributed by atoms with E-state index in [4.69, 9.17) is 4.43 Å². The largest absolute Gasteiger partial charge is 0.411 e. The van der Waals surface area contributed by atoms with E-state index in [9.17, 15) is 5.11 Å². The van der Waals surface area contributed by atoms with Crippen molar-refractivity contribution in [3.63, 3.8) is 0 Å². The maximum absolute atomic E-state index is 9.34. The van der Waals surface area contributed by atoms with Crippen LogP contribution in [-0.2, 0) is 11.0 Å². The van der Waals surface area contributed by atoms with Gasteiger partial charge in [-0.15, -0.1) is 0 Å². The Morgan fingerprint density at radius 2 is 1.69 bits per heavy atom. The van der Waals surface area contributed by atoms with Crippen LogP contribution in [0.15, 0.2) is 30.3 Å². The lowest BCUT2D eigenvalue weighted by molar-refractivity contribution is 0.0397. The molecule has 0 aliphatic carbocycles. The molecule has 0 aliphatic rings. The SMILES string of the molecule is CCC(CC)(CC/C=C(/C)c1cccc(CO)c1)O[Si](CC)(CC)CC. The predicted octanol–water partition coefficient (Wildman–Crippen LogP) is 6.94. The van der Waals surface area contributed by atoms with Crippen LogP contribution in [0.4, 0.5) is 0 Å². The number of rotatable bonds is 12. The van der Waals surface area contributed by atoms with E-state index in [-0.39, 0.29) is 12.2 Å². The third-order valence-corrected chi connectivity index (χ3v) is 11.0. The van der Waals surface area contributed by atoms with Crippen LogP contribution in [0.2, 0.25) is 18.1 Å². The van der Waals surface area contributed by atoms with Gasteiger partial charge in [-0.3, -0.25) is 0 Å². The van der Waals surface area contributed by atoms with Crippen molar-refractivity contribution in [2.45, 2.75) is 97.6 Å². The topological polar surface area (TPSA) is 29.5 Å². The van der Waals surface area contributed by atoms with Crippen molar-refractivity contribution in [2.75, 3.05) is 0 Å². The van der Waals surface area contributed by atoms with Gasteiger partial charge in [0.25, 0.3) is 0 Å². The molecule has 0 saturated carbocycles. The zero-order chi connectivity index (χ0) is 19.6. The summed E-state index contributed by atoms with van der Waals surface area (Å²) in [5.74, 6) is 0. The summed E-state index contributed by atoms with van der Waals surface area (Å²) in [7, 11) is -1.60. The minimum Gasteiger partial charge on any atom is -0.411 e. The van der Waals surface area contributed by atoms with Crippen LogP contribution in [0.1, 0.15) is 78.4 Å². The van der Waals surface area contributed by atoms with Crippen LogP contribution in [0.3, 0.4) is 0 Å². The van der Waals surface area contributed by atoms with E-state index in [1.807, 2.05) is 12.1 Å². The summed E-state index contributed by atoms with van der Waals surface area (Å²) in [5.41, 5.74) is 3.49. The minimum atomic E-state index is -1.60. The van der Waals surface area contributed by atoms with E-state index in [0.29, 0.717) is 0 Å². The van der Waals surface area contributed by atoms with Crippen molar-refractivity contribution in [1.29, 1.82) is 0 Å². The molecular weight excluding hydrogens is 336 g/mol. The highest BCUT2D eigenvalue weighted by Crippen LogP contribution is 2.35. The first kappa shape index (κ1) is 23.1. The Labute approximate surface area is 162 Å². The second-order valence-corrected chi connectivity index (χ2v) is 12.2. The van der Waals surface area contributed by atoms with Gasteiger partial charge in [0.05, 0.1) is 12.2 Å². The third kappa shape index (κ3) is 6.07. The molecule has 0 unspecified atom stereocenters. The van der Waals surface area contributed by atoms with Gasteiger partial charge in [-0.1, -0.05) is 58.9 Å². The number of hydrogen-bond acceptors (Lipinski definition) is 2. The summed E-state index contributed by atoms with van der Waals surface area (Å²) >= 11 is 0. The van der Waals surface area contributed by atoms with Crippen LogP contribution in [0.25, 0.3) is 5.57 Å². The van der Waals surface area contributed by atoms with Gasteiger partial charge in [0.2, 0.25) is 0 Å². The van der Waals surface area contributed by atoms with E-state index in [2.05, 4.69) is 59.8 Å². The Kier molecular flexibility index (Phi) is 9.84. The Balaban J connectivity index is 2.87. The molecule has 0 aliphatic heterocycles. The van der Waals surface area contributed by atoms with E-state index >= 15 is 0 Å². The van der Waals surface area contributed by atoms with E-state index in [1.54, 1.807) is 0 Å². The highest BCUT2D eigenvalue weighted by Gasteiger charge is 2.38. The third-order valence-electron chi connectivity index (χ3n) is 6.27. The molecule has 0 amide bonds. The van der Waals surface area contributed by atoms with Crippen molar-refractivity contribution < 1.29 is 9.53 Å². The molecule has 1 aromatic carbocycles. The van der Waals surface area contributed by atoms with Crippen LogP contribution < -0.4 is 0 Å². The smallest absolute Gasteiger partial charge is 0.192 e. The zero-order valence-electron chi connectivity index (χ0n) is 17.9. The predicted molar refractivity (Wildman–Crippen MR) is 117 cm³/mol. The molecule has 0 radical (unpaired) electrons. The lowest BCUT2D eigenvalue weighted by atomic mass is 9.91. The van der Waals surface area contributed by atoms with Crippen molar-refractivity contribution in [2.24, 2.45) is 0 Å². The van der Waals surface area contributed by atoms with Gasteiger partial charge in [0.1, 0.15) is 0 Å². The Hall–Kier alpha value is -0.903. The van der Waals surface area contributed by atoms with Crippen molar-refractivity contribution in [3.8, 4) is 0 Å². The summed E-state index contributed by atoms with van der Waals surface area (Å²) in [6.07, 6.45) is 6.65. The molecule has 0 aromatic heterocycles. The maximum Gasteiger partial charge on any atom is 0.192 e. The molecule has 0 atom stereocenters. The monoisotopic (exact) mass is 376 g/mol. The van der Waals surface area contributed by atoms with Crippen molar-refractivity contribution >= 4 is 13.9 Å². The van der Waals surface area contributed by atoms with Crippen LogP contribution in [0, 0.1) is 0 Å². The fraction of sp³-hybridized carbons (Fsp3) is 0.652. The Bertz CT molecular complexity index is 549. The summed E-state index contributed by atoms with van der Waals surface area (Å²) in [4.78, 5) is 0. The number of hydrogen-bond donors (Lipinski definition) is 1. The average Bonchev–Trinajstić information content (AvgIpc) is 2.71. The van der Waals surface area contributed by atoms with Gasteiger partial charge in [-0.2, -0.15) is 0 Å². The molecule has 0 spiro atoms. The molecule has 1 rings (SSSR count). The quantitative estimate of drug-likeness (QED) is 0.400. The van der Waals surface area contributed by atoms with Crippen LogP contribution in [0.5, 0.6) is 0 Å². The van der Waals surface area contributed by atoms with Gasteiger partial charge >= 0.3 is 0 Å². The average molecular weight is 377 g/mol. The van der Waals surface area contributed by atoms with Crippen LogP contribution >= 0.6 is 0 Å². The number of aliphatic hydroxyl groups excluding tert-OH is 1. The normalized spacial score (nSPS) is 13.3. The molecule has 148 valence electrons. The number of aliphatic hydroxyl groups is 1. The van der Waals surface area contributed by atoms with E-state index in [0.717, 1.165) is 31.2 Å². The molecule has 1 aromatic rings. The lowest BCUT2D eigenvalue weighted by Gasteiger charge is -2.42. The molecular formula is C23H40O2Si. The van der Waals surface area contributed by atoms with E-state index < -0.39 is 8.32 Å². The van der Waals surface area contributed by atoms with Crippen molar-refractivity contribution in [1.82, 2.24) is 0 Å². The highest BCUT2D eigenvalue weighted by atomic mass is 28.4. The second-order valence-electron chi connectivity index (χ2n) is 7.52. The summed E-state index contributed by atoms with van der Waals surface area (Å²) < 4.78 is 6.97. The highest BCUT2D eigenvalue weighted by molar-refractivity contribution is 6.73. The van der Waals surface area contributed by atoms with Crippen LogP contribution in [-0.4, -0.2) is 19.0 Å². The molecule has 1 N–H and O–H groups in total. The molecule has 0 heterocycles. The van der Waals surface area contributed by atoms with Gasteiger partial charge < -0.3 is 9.53 Å². The Morgan fingerprint density at radius 1 is 1.08 bits per heavy atom. The first-order valence-corrected chi connectivity index (χ1v) is 13.0. The summed E-state index contributed by atoms with van der Waals surface area (Å²) in [6.45, 7) is 13.8. The molecule has 26 heavy (non-hydrogen) atoms. The molecule has 0 fully saturated rings. The van der Waals surface area contributed by atoms with Gasteiger partial charge in [0, 0.05) is 0 Å². The summed E-state index contributed by atoms with van der Waals surface area (Å²) in [5, 5.41) is 9.34. The molecule has 3 heteroatoms. The minimum absolute atomic E-state index is 0.0258. The molecule has 0 saturated heterocycles. The fourth-order valence-corrected chi connectivity index (χ4v) is 7.05.